The molecule has 0 fully saturated rings. The maximum absolute atomic E-state index is 12.1. The van der Waals surface area contributed by atoms with E-state index in [0.29, 0.717) is 5.02 Å². The molecule has 0 aliphatic rings. The fourth-order valence-electron chi connectivity index (χ4n) is 2.01. The molecule has 4 nitrogen and oxygen atoms in total. The van der Waals surface area contributed by atoms with Crippen LogP contribution < -0.4 is 10.7 Å². The predicted octanol–water partition coefficient (Wildman–Crippen LogP) is 3.91. The van der Waals surface area contributed by atoms with Crippen molar-refractivity contribution in [2.45, 2.75) is 26.8 Å². The molecule has 0 unspecified atom stereocenters. The highest BCUT2D eigenvalue weighted by Crippen LogP contribution is 2.20. The molecular weight excluding hydrogens is 310 g/mol. The number of amides is 1. The van der Waals surface area contributed by atoms with Crippen molar-refractivity contribution in [3.8, 4) is 0 Å². The summed E-state index contributed by atoms with van der Waals surface area (Å²) in [5.41, 5.74) is 6.52. The van der Waals surface area contributed by atoms with E-state index in [-0.39, 0.29) is 5.91 Å². The number of rotatable bonds is 5. The Hall–Kier alpha value is -2.33. The van der Waals surface area contributed by atoms with Crippen LogP contribution in [0.15, 0.2) is 47.6 Å². The van der Waals surface area contributed by atoms with Crippen LogP contribution in [0.4, 0.5) is 5.69 Å². The van der Waals surface area contributed by atoms with Gasteiger partial charge in [0.1, 0.15) is 6.04 Å². The van der Waals surface area contributed by atoms with E-state index in [1.54, 1.807) is 19.2 Å². The monoisotopic (exact) mass is 329 g/mol. The van der Waals surface area contributed by atoms with E-state index < -0.39 is 6.04 Å². The molecule has 2 aromatic rings. The molecule has 5 heteroatoms. The molecule has 1 amide bonds. The van der Waals surface area contributed by atoms with Gasteiger partial charge in [0.25, 0.3) is 5.91 Å². The van der Waals surface area contributed by atoms with Crippen molar-refractivity contribution >= 4 is 29.4 Å². The van der Waals surface area contributed by atoms with Crippen LogP contribution in [-0.4, -0.2) is 18.2 Å². The Bertz CT molecular complexity index is 711. The first kappa shape index (κ1) is 17.0. The molecule has 0 aliphatic heterocycles. The van der Waals surface area contributed by atoms with Crippen molar-refractivity contribution in [1.29, 1.82) is 0 Å². The zero-order chi connectivity index (χ0) is 16.8. The molecule has 0 spiro atoms. The average Bonchev–Trinajstić information content (AvgIpc) is 2.51. The fourth-order valence-corrected chi connectivity index (χ4v) is 2.23. The van der Waals surface area contributed by atoms with Crippen molar-refractivity contribution in [3.63, 3.8) is 0 Å². The van der Waals surface area contributed by atoms with Gasteiger partial charge in [-0.25, -0.2) is 5.43 Å². The Kier molecular flexibility index (Phi) is 5.77. The maximum Gasteiger partial charge on any atom is 0.262 e. The average molecular weight is 330 g/mol. The van der Waals surface area contributed by atoms with E-state index >= 15 is 0 Å². The fraction of sp³-hybridized carbons (Fsp3) is 0.222. The smallest absolute Gasteiger partial charge is 0.262 e. The number of nitrogens with one attached hydrogen (secondary N) is 2. The Morgan fingerprint density at radius 2 is 1.87 bits per heavy atom. The Balaban J connectivity index is 1.90. The van der Waals surface area contributed by atoms with Crippen LogP contribution in [0.5, 0.6) is 0 Å². The van der Waals surface area contributed by atoms with E-state index in [1.807, 2.05) is 50.2 Å². The van der Waals surface area contributed by atoms with Gasteiger partial charge in [0, 0.05) is 10.7 Å². The number of carbonyl (C=O) groups is 1. The molecule has 2 aromatic carbocycles. The van der Waals surface area contributed by atoms with E-state index in [9.17, 15) is 4.79 Å². The van der Waals surface area contributed by atoms with Crippen LogP contribution in [0.1, 0.15) is 23.6 Å². The molecule has 2 rings (SSSR count). The number of aryl methyl sites for hydroxylation is 2. The highest BCUT2D eigenvalue weighted by Gasteiger charge is 2.12. The zero-order valence-electron chi connectivity index (χ0n) is 13.4. The van der Waals surface area contributed by atoms with Crippen molar-refractivity contribution in [1.82, 2.24) is 5.43 Å². The van der Waals surface area contributed by atoms with Gasteiger partial charge in [0.15, 0.2) is 0 Å². The molecule has 0 aromatic heterocycles. The molecule has 1 atom stereocenters. The van der Waals surface area contributed by atoms with Crippen LogP contribution in [0.25, 0.3) is 0 Å². The predicted molar refractivity (Wildman–Crippen MR) is 96.2 cm³/mol. The van der Waals surface area contributed by atoms with E-state index in [0.717, 1.165) is 16.8 Å². The molecular formula is C18H20ClN3O. The first-order chi connectivity index (χ1) is 11.0. The summed E-state index contributed by atoms with van der Waals surface area (Å²) in [7, 11) is 0. The van der Waals surface area contributed by atoms with Gasteiger partial charge in [-0.2, -0.15) is 5.10 Å². The Morgan fingerprint density at radius 3 is 2.52 bits per heavy atom. The number of hydrazone groups is 1. The minimum absolute atomic E-state index is 0.206. The van der Waals surface area contributed by atoms with Gasteiger partial charge >= 0.3 is 0 Å². The van der Waals surface area contributed by atoms with Crippen molar-refractivity contribution < 1.29 is 4.79 Å². The number of halogens is 1. The summed E-state index contributed by atoms with van der Waals surface area (Å²) in [4.78, 5) is 12.1. The van der Waals surface area contributed by atoms with Crippen LogP contribution in [0.3, 0.4) is 0 Å². The lowest BCUT2D eigenvalue weighted by atomic mass is 10.2. The lowest BCUT2D eigenvalue weighted by Crippen LogP contribution is -2.35. The molecule has 120 valence electrons. The van der Waals surface area contributed by atoms with Gasteiger partial charge in [-0.3, -0.25) is 4.79 Å². The lowest BCUT2D eigenvalue weighted by molar-refractivity contribution is -0.121. The molecule has 0 bridgehead atoms. The molecule has 0 aliphatic carbocycles. The van der Waals surface area contributed by atoms with Crippen molar-refractivity contribution in [3.05, 3.63) is 64.2 Å². The summed E-state index contributed by atoms with van der Waals surface area (Å²) in [6.45, 7) is 5.74. The second-order valence-electron chi connectivity index (χ2n) is 5.47. The van der Waals surface area contributed by atoms with Crippen LogP contribution in [0, 0.1) is 13.8 Å². The molecule has 0 radical (unpaired) electrons. The van der Waals surface area contributed by atoms with Gasteiger partial charge in [-0.1, -0.05) is 41.4 Å². The summed E-state index contributed by atoms with van der Waals surface area (Å²) in [5.74, 6) is -0.206. The van der Waals surface area contributed by atoms with E-state index in [2.05, 4.69) is 15.8 Å². The number of carbonyl (C=O) groups excluding carboxylic acids is 1. The summed E-state index contributed by atoms with van der Waals surface area (Å²) >= 11 is 5.93. The number of nitrogens with zero attached hydrogens (tertiary/aromatic N) is 1. The minimum atomic E-state index is -0.412. The topological polar surface area (TPSA) is 53.5 Å². The summed E-state index contributed by atoms with van der Waals surface area (Å²) in [6, 6.07) is 13.0. The third kappa shape index (κ3) is 5.11. The molecule has 0 heterocycles. The third-order valence-electron chi connectivity index (χ3n) is 3.42. The molecule has 23 heavy (non-hydrogen) atoms. The summed E-state index contributed by atoms with van der Waals surface area (Å²) in [5, 5.41) is 7.81. The Labute approximate surface area is 141 Å². The first-order valence-corrected chi connectivity index (χ1v) is 7.76. The largest absolute Gasteiger partial charge is 0.374 e. The van der Waals surface area contributed by atoms with Crippen molar-refractivity contribution in [2.24, 2.45) is 5.10 Å². The van der Waals surface area contributed by atoms with Crippen molar-refractivity contribution in [2.75, 3.05) is 5.32 Å². The van der Waals surface area contributed by atoms with Crippen LogP contribution in [0.2, 0.25) is 5.02 Å². The highest BCUT2D eigenvalue weighted by molar-refractivity contribution is 6.30. The lowest BCUT2D eigenvalue weighted by Gasteiger charge is -2.15. The third-order valence-corrected chi connectivity index (χ3v) is 3.65. The van der Waals surface area contributed by atoms with Crippen LogP contribution in [-0.2, 0) is 4.79 Å². The first-order valence-electron chi connectivity index (χ1n) is 7.38. The van der Waals surface area contributed by atoms with E-state index in [1.165, 1.54) is 5.56 Å². The normalized spacial score (nSPS) is 12.2. The van der Waals surface area contributed by atoms with E-state index in [4.69, 9.17) is 11.6 Å². The van der Waals surface area contributed by atoms with Gasteiger partial charge in [-0.15, -0.1) is 0 Å². The Morgan fingerprint density at radius 1 is 1.17 bits per heavy atom. The molecule has 0 saturated heterocycles. The standard InChI is InChI=1S/C18H20ClN3O/c1-12-4-6-15(7-5-12)11-20-22-18(23)14(3)21-17-9-8-16(19)10-13(17)2/h4-11,14,21H,1-3H3,(H,22,23)/b20-11-/t14-/m0/s1. The second kappa shape index (κ2) is 7.79. The van der Waals surface area contributed by atoms with Gasteiger partial charge in [0.05, 0.1) is 6.21 Å². The van der Waals surface area contributed by atoms with Crippen LogP contribution >= 0.6 is 11.6 Å². The minimum Gasteiger partial charge on any atom is -0.374 e. The maximum atomic E-state index is 12.1. The molecule has 0 saturated carbocycles. The van der Waals surface area contributed by atoms with Gasteiger partial charge < -0.3 is 5.32 Å². The van der Waals surface area contributed by atoms with Gasteiger partial charge in [-0.05, 0) is 50.1 Å². The molecule has 2 N–H and O–H groups in total. The SMILES string of the molecule is Cc1ccc(/C=N\NC(=O)[C@H](C)Nc2ccc(Cl)cc2C)cc1. The number of benzene rings is 2. The summed E-state index contributed by atoms with van der Waals surface area (Å²) < 4.78 is 0. The number of hydrogen-bond donors (Lipinski definition) is 2. The quantitative estimate of drug-likeness (QED) is 0.645. The number of hydrogen-bond acceptors (Lipinski definition) is 3. The highest BCUT2D eigenvalue weighted by atomic mass is 35.5. The second-order valence-corrected chi connectivity index (χ2v) is 5.91. The van der Waals surface area contributed by atoms with Gasteiger partial charge in [0.2, 0.25) is 0 Å². The zero-order valence-corrected chi connectivity index (χ0v) is 14.2. The summed E-state index contributed by atoms with van der Waals surface area (Å²) in [6.07, 6.45) is 1.62. The number of anilines is 1.